The third kappa shape index (κ3) is 7.40. The summed E-state index contributed by atoms with van der Waals surface area (Å²) in [7, 11) is 0. The van der Waals surface area contributed by atoms with Gasteiger partial charge in [0.2, 0.25) is 5.95 Å². The van der Waals surface area contributed by atoms with E-state index in [2.05, 4.69) is 25.0 Å². The molecule has 2 fully saturated rings. The van der Waals surface area contributed by atoms with Gasteiger partial charge in [-0.05, 0) is 64.5 Å². The average molecular weight is 654 g/mol. The van der Waals surface area contributed by atoms with Crippen LogP contribution < -0.4 is 20.3 Å². The Bertz CT molecular complexity index is 1490. The van der Waals surface area contributed by atoms with Crippen LogP contribution in [0.25, 0.3) is 11.2 Å². The number of imidazole rings is 1. The standard InChI is InChI=1S/C26H36N7O7PS2/c1-14(2)38-23(35)15(3)32-43-41(42,40-17-8-6-5-7-9-17)37-12-18-20(34)26(4,36)24(39-18)33-13-28-19-21(29-16-10-11-16)30-25(27)31-22(19)33/h5-9,13-16,18,20,24,32,34,36H,10-12H2,1-4H3,(H3,27,29,30,31)/t15?,18-,20-,24-,26-,41?/m1/s1. The lowest BCUT2D eigenvalue weighted by atomic mass is 9.96. The highest BCUT2D eigenvalue weighted by Gasteiger charge is 2.54. The van der Waals surface area contributed by atoms with E-state index in [-0.39, 0.29) is 18.7 Å². The zero-order valence-corrected chi connectivity index (χ0v) is 26.6. The fraction of sp³-hybridized carbons (Fsp3) is 0.538. The SMILES string of the molecule is CC(C)OC(=O)C(C)NSP(=S)(OC[C@H]1O[C@@H](n2cnc3c(NC4CC4)nc(N)nc32)[C@](C)(O)[C@@H]1O)Oc1ccccc1. The topological polar surface area (TPSA) is 188 Å². The molecule has 0 radical (unpaired) electrons. The lowest BCUT2D eigenvalue weighted by Gasteiger charge is -2.27. The van der Waals surface area contributed by atoms with Gasteiger partial charge in [-0.15, -0.1) is 0 Å². The molecule has 17 heteroatoms. The van der Waals surface area contributed by atoms with E-state index in [0.29, 0.717) is 28.8 Å². The third-order valence-corrected chi connectivity index (χ3v) is 11.1. The molecule has 3 aromatic rings. The maximum Gasteiger partial charge on any atom is 0.323 e. The Balaban J connectivity index is 1.33. The van der Waals surface area contributed by atoms with Crippen molar-refractivity contribution in [3.8, 4) is 5.75 Å². The first-order valence-electron chi connectivity index (χ1n) is 13.8. The number of hydrogen-bond acceptors (Lipinski definition) is 15. The smallest absolute Gasteiger partial charge is 0.323 e. The Hall–Kier alpha value is -2.56. The number of fused-ring (bicyclic) bond motifs is 1. The number of esters is 1. The molecular weight excluding hydrogens is 617 g/mol. The van der Waals surface area contributed by atoms with Crippen LogP contribution in [-0.2, 0) is 30.6 Å². The number of nitrogens with two attached hydrogens (primary N) is 1. The first-order chi connectivity index (χ1) is 20.4. The van der Waals surface area contributed by atoms with E-state index in [4.69, 9.17) is 36.1 Å². The van der Waals surface area contributed by atoms with Crippen molar-refractivity contribution in [2.75, 3.05) is 17.7 Å². The van der Waals surface area contributed by atoms with Gasteiger partial charge in [-0.3, -0.25) is 9.36 Å². The molecule has 1 aromatic carbocycles. The molecule has 234 valence electrons. The van der Waals surface area contributed by atoms with Crippen molar-refractivity contribution >= 4 is 58.0 Å². The number of aromatic nitrogens is 4. The molecule has 0 bridgehead atoms. The number of rotatable bonds is 13. The maximum atomic E-state index is 12.3. The number of aliphatic hydroxyl groups is 2. The number of hydrogen-bond donors (Lipinski definition) is 5. The molecule has 5 rings (SSSR count). The molecule has 2 aromatic heterocycles. The number of para-hydroxylation sites is 1. The van der Waals surface area contributed by atoms with Gasteiger partial charge >= 0.3 is 11.7 Å². The molecule has 2 aliphatic rings. The number of anilines is 2. The van der Waals surface area contributed by atoms with Gasteiger partial charge in [-0.25, -0.2) is 9.71 Å². The fourth-order valence-electron chi connectivity index (χ4n) is 4.38. The summed E-state index contributed by atoms with van der Waals surface area (Å²) in [6, 6.07) is 8.46. The summed E-state index contributed by atoms with van der Waals surface area (Å²) in [6.45, 7) is 6.39. The first-order valence-corrected chi connectivity index (χ1v) is 17.9. The Kier molecular flexibility index (Phi) is 9.49. The van der Waals surface area contributed by atoms with Gasteiger partial charge in [0.1, 0.15) is 29.6 Å². The number of aliphatic hydroxyl groups excluding tert-OH is 1. The summed E-state index contributed by atoms with van der Waals surface area (Å²) >= 11 is 6.77. The highest BCUT2D eigenvalue weighted by molar-refractivity contribution is 8.67. The predicted octanol–water partition coefficient (Wildman–Crippen LogP) is 2.89. The van der Waals surface area contributed by atoms with Crippen LogP contribution in [-0.4, -0.2) is 78.3 Å². The minimum absolute atomic E-state index is 0.0326. The second kappa shape index (κ2) is 12.8. The summed E-state index contributed by atoms with van der Waals surface area (Å²) in [5.74, 6) is 0.541. The molecule has 0 spiro atoms. The maximum absolute atomic E-state index is 12.3. The van der Waals surface area contributed by atoms with Crippen molar-refractivity contribution in [1.29, 1.82) is 0 Å². The van der Waals surface area contributed by atoms with Gasteiger partial charge in [0, 0.05) is 17.6 Å². The second-order valence-corrected chi connectivity index (χ2v) is 16.8. The molecule has 43 heavy (non-hydrogen) atoms. The lowest BCUT2D eigenvalue weighted by molar-refractivity contribution is -0.148. The summed E-state index contributed by atoms with van der Waals surface area (Å²) in [5.41, 5.74) is 1.79. The van der Waals surface area contributed by atoms with Gasteiger partial charge < -0.3 is 39.8 Å². The van der Waals surface area contributed by atoms with E-state index in [0.717, 1.165) is 24.4 Å². The van der Waals surface area contributed by atoms with Crippen molar-refractivity contribution in [2.24, 2.45) is 0 Å². The van der Waals surface area contributed by atoms with E-state index in [1.807, 2.05) is 6.07 Å². The number of nitrogen functional groups attached to an aromatic ring is 1. The number of nitrogens with zero attached hydrogens (tertiary/aromatic N) is 4. The minimum atomic E-state index is -3.24. The highest BCUT2D eigenvalue weighted by atomic mass is 32.9. The Labute approximate surface area is 258 Å². The number of benzene rings is 1. The van der Waals surface area contributed by atoms with E-state index in [9.17, 15) is 15.0 Å². The monoisotopic (exact) mass is 653 g/mol. The van der Waals surface area contributed by atoms with Gasteiger partial charge in [0.15, 0.2) is 23.2 Å². The third-order valence-electron chi connectivity index (χ3n) is 6.77. The van der Waals surface area contributed by atoms with Crippen molar-refractivity contribution in [3.63, 3.8) is 0 Å². The van der Waals surface area contributed by atoms with Crippen LogP contribution in [0.15, 0.2) is 36.7 Å². The quantitative estimate of drug-likeness (QED) is 0.103. The summed E-state index contributed by atoms with van der Waals surface area (Å²) in [5, 5.41) is 25.9. The summed E-state index contributed by atoms with van der Waals surface area (Å²) in [4.78, 5) is 25.4. The van der Waals surface area contributed by atoms with Crippen LogP contribution in [0, 0.1) is 0 Å². The number of carbonyl (C=O) groups excluding carboxylic acids is 1. The lowest BCUT2D eigenvalue weighted by Crippen LogP contribution is -2.44. The van der Waals surface area contributed by atoms with Gasteiger partial charge in [0.25, 0.3) is 0 Å². The molecule has 1 aliphatic carbocycles. The van der Waals surface area contributed by atoms with Gasteiger partial charge in [-0.1, -0.05) is 18.2 Å². The number of carbonyl (C=O) groups is 1. The van der Waals surface area contributed by atoms with Gasteiger partial charge in [-0.2, -0.15) is 9.97 Å². The molecule has 0 amide bonds. The van der Waals surface area contributed by atoms with Crippen LogP contribution in [0.1, 0.15) is 46.8 Å². The fourth-order valence-corrected chi connectivity index (χ4v) is 8.01. The zero-order valence-electron chi connectivity index (χ0n) is 24.1. The van der Waals surface area contributed by atoms with Crippen molar-refractivity contribution in [1.82, 2.24) is 24.2 Å². The second-order valence-electron chi connectivity index (χ2n) is 10.9. The molecule has 1 saturated heterocycles. The minimum Gasteiger partial charge on any atom is -0.462 e. The van der Waals surface area contributed by atoms with Crippen LogP contribution in [0.2, 0.25) is 0 Å². The molecule has 3 heterocycles. The largest absolute Gasteiger partial charge is 0.462 e. The van der Waals surface area contributed by atoms with E-state index in [1.165, 1.54) is 17.8 Å². The molecule has 2 unspecified atom stereocenters. The molecular formula is C26H36N7O7PS2. The predicted molar refractivity (Wildman–Crippen MR) is 166 cm³/mol. The normalized spacial score (nSPS) is 25.9. The molecule has 6 N–H and O–H groups in total. The number of ether oxygens (including phenoxy) is 2. The molecule has 1 aliphatic heterocycles. The van der Waals surface area contributed by atoms with E-state index >= 15 is 0 Å². The van der Waals surface area contributed by atoms with Gasteiger partial charge in [0.05, 0.1) is 19.0 Å². The van der Waals surface area contributed by atoms with Crippen molar-refractivity contribution in [3.05, 3.63) is 36.7 Å². The Morgan fingerprint density at radius 2 is 2.02 bits per heavy atom. The highest BCUT2D eigenvalue weighted by Crippen LogP contribution is 2.59. The Morgan fingerprint density at radius 3 is 2.70 bits per heavy atom. The van der Waals surface area contributed by atoms with Crippen molar-refractivity contribution in [2.45, 2.75) is 82.8 Å². The van der Waals surface area contributed by atoms with Crippen LogP contribution in [0.4, 0.5) is 11.8 Å². The number of nitrogens with one attached hydrogen (secondary N) is 2. The zero-order chi connectivity index (χ0) is 30.9. The average Bonchev–Trinajstić information content (AvgIpc) is 3.62. The molecule has 6 atom stereocenters. The van der Waals surface area contributed by atoms with Crippen LogP contribution >= 0.6 is 17.3 Å². The van der Waals surface area contributed by atoms with Crippen molar-refractivity contribution < 1.29 is 33.5 Å². The van der Waals surface area contributed by atoms with E-state index in [1.54, 1.807) is 45.0 Å². The van der Waals surface area contributed by atoms with E-state index < -0.39 is 41.7 Å². The van der Waals surface area contributed by atoms with Crippen LogP contribution in [0.5, 0.6) is 5.75 Å². The van der Waals surface area contributed by atoms with Crippen LogP contribution in [0.3, 0.4) is 0 Å². The summed E-state index contributed by atoms with van der Waals surface area (Å²) < 4.78 is 28.1. The molecule has 14 nitrogen and oxygen atoms in total. The Morgan fingerprint density at radius 1 is 1.30 bits per heavy atom. The molecule has 1 saturated carbocycles. The summed E-state index contributed by atoms with van der Waals surface area (Å²) in [6.07, 6.45) is -0.241. The first kappa shape index (κ1) is 31.9.